The molecule has 0 heterocycles. The number of aliphatic carboxylic acids is 2. The summed E-state index contributed by atoms with van der Waals surface area (Å²) in [5.74, 6) is -2.39. The highest BCUT2D eigenvalue weighted by molar-refractivity contribution is 5.87. The lowest BCUT2D eigenvalue weighted by Crippen LogP contribution is -2.50. The standard InChI is InChI=1S/C14H25NO5/c1-9(2)8-10(12(18)19)15(7-6-11(16)17)13(20)14(3,4)5/h9-10H,6-8H2,1-5H3,(H,16,17)(H,18,19). The molecule has 0 radical (unpaired) electrons. The Labute approximate surface area is 119 Å². The Bertz CT molecular complexity index is 370. The fourth-order valence-electron chi connectivity index (χ4n) is 1.85. The van der Waals surface area contributed by atoms with Crippen LogP contribution in [0.3, 0.4) is 0 Å². The van der Waals surface area contributed by atoms with Crippen LogP contribution in [0.15, 0.2) is 0 Å². The minimum Gasteiger partial charge on any atom is -0.481 e. The monoisotopic (exact) mass is 287 g/mol. The van der Waals surface area contributed by atoms with E-state index in [4.69, 9.17) is 5.11 Å². The Morgan fingerprint density at radius 3 is 1.90 bits per heavy atom. The minimum atomic E-state index is -1.10. The molecule has 2 N–H and O–H groups in total. The van der Waals surface area contributed by atoms with Gasteiger partial charge in [0.15, 0.2) is 0 Å². The van der Waals surface area contributed by atoms with E-state index in [-0.39, 0.29) is 24.8 Å². The smallest absolute Gasteiger partial charge is 0.326 e. The number of nitrogens with zero attached hydrogens (tertiary/aromatic N) is 1. The summed E-state index contributed by atoms with van der Waals surface area (Å²) in [4.78, 5) is 35.7. The van der Waals surface area contributed by atoms with Gasteiger partial charge in [0.05, 0.1) is 6.42 Å². The summed E-state index contributed by atoms with van der Waals surface area (Å²) in [6.07, 6.45) is 0.0421. The molecule has 1 amide bonds. The van der Waals surface area contributed by atoms with E-state index in [1.807, 2.05) is 13.8 Å². The van der Waals surface area contributed by atoms with Gasteiger partial charge < -0.3 is 15.1 Å². The van der Waals surface area contributed by atoms with Gasteiger partial charge in [-0.05, 0) is 12.3 Å². The fraction of sp³-hybridized carbons (Fsp3) is 0.786. The van der Waals surface area contributed by atoms with E-state index >= 15 is 0 Å². The van der Waals surface area contributed by atoms with Gasteiger partial charge in [0, 0.05) is 12.0 Å². The van der Waals surface area contributed by atoms with E-state index < -0.39 is 23.4 Å². The molecule has 0 aliphatic rings. The van der Waals surface area contributed by atoms with Gasteiger partial charge >= 0.3 is 11.9 Å². The molecular formula is C14H25NO5. The molecule has 0 aromatic rings. The van der Waals surface area contributed by atoms with Crippen molar-refractivity contribution in [2.75, 3.05) is 6.54 Å². The summed E-state index contributed by atoms with van der Waals surface area (Å²) in [5.41, 5.74) is -0.747. The third kappa shape index (κ3) is 6.04. The second kappa shape index (κ2) is 7.26. The molecule has 6 heteroatoms. The lowest BCUT2D eigenvalue weighted by Gasteiger charge is -2.34. The second-order valence-electron chi connectivity index (χ2n) is 6.38. The molecule has 1 unspecified atom stereocenters. The molecule has 0 bridgehead atoms. The molecule has 0 aliphatic carbocycles. The Balaban J connectivity index is 5.29. The SMILES string of the molecule is CC(C)CC(C(=O)O)N(CCC(=O)O)C(=O)C(C)(C)C. The highest BCUT2D eigenvalue weighted by atomic mass is 16.4. The lowest BCUT2D eigenvalue weighted by molar-refractivity contribution is -0.155. The number of hydrogen-bond acceptors (Lipinski definition) is 3. The maximum Gasteiger partial charge on any atom is 0.326 e. The van der Waals surface area contributed by atoms with Crippen molar-refractivity contribution in [1.29, 1.82) is 0 Å². The first-order chi connectivity index (χ1) is 8.96. The van der Waals surface area contributed by atoms with Crippen molar-refractivity contribution in [2.24, 2.45) is 11.3 Å². The quantitative estimate of drug-likeness (QED) is 0.745. The molecule has 0 saturated heterocycles. The zero-order valence-corrected chi connectivity index (χ0v) is 12.8. The van der Waals surface area contributed by atoms with Crippen LogP contribution in [0.5, 0.6) is 0 Å². The van der Waals surface area contributed by atoms with Crippen LogP contribution >= 0.6 is 0 Å². The summed E-state index contributed by atoms with van der Waals surface area (Å²) < 4.78 is 0. The van der Waals surface area contributed by atoms with Crippen molar-refractivity contribution in [3.05, 3.63) is 0 Å². The normalized spacial score (nSPS) is 13.1. The van der Waals surface area contributed by atoms with Crippen LogP contribution in [0, 0.1) is 11.3 Å². The van der Waals surface area contributed by atoms with E-state index in [1.165, 1.54) is 4.90 Å². The zero-order chi connectivity index (χ0) is 16.1. The molecule has 116 valence electrons. The molecule has 0 spiro atoms. The van der Waals surface area contributed by atoms with Gasteiger partial charge in [-0.3, -0.25) is 9.59 Å². The highest BCUT2D eigenvalue weighted by Gasteiger charge is 2.35. The number of carboxylic acid groups (broad SMARTS) is 2. The van der Waals surface area contributed by atoms with Crippen molar-refractivity contribution < 1.29 is 24.6 Å². The van der Waals surface area contributed by atoms with E-state index in [0.717, 1.165) is 0 Å². The van der Waals surface area contributed by atoms with Crippen LogP contribution < -0.4 is 0 Å². The average molecular weight is 287 g/mol. The van der Waals surface area contributed by atoms with Crippen molar-refractivity contribution in [1.82, 2.24) is 4.90 Å². The molecule has 0 saturated carbocycles. The number of carbonyl (C=O) groups excluding carboxylic acids is 1. The Hall–Kier alpha value is -1.59. The van der Waals surface area contributed by atoms with Crippen molar-refractivity contribution in [3.8, 4) is 0 Å². The maximum atomic E-state index is 12.4. The van der Waals surface area contributed by atoms with Gasteiger partial charge in [0.2, 0.25) is 5.91 Å². The third-order valence-electron chi connectivity index (χ3n) is 2.82. The average Bonchev–Trinajstić information content (AvgIpc) is 2.24. The number of carboxylic acids is 2. The van der Waals surface area contributed by atoms with Crippen LogP contribution in [0.25, 0.3) is 0 Å². The van der Waals surface area contributed by atoms with Gasteiger partial charge in [-0.25, -0.2) is 4.79 Å². The summed E-state index contributed by atoms with van der Waals surface area (Å²) in [6.45, 7) is 8.72. The maximum absolute atomic E-state index is 12.4. The first kappa shape index (κ1) is 18.4. The van der Waals surface area contributed by atoms with Gasteiger partial charge in [-0.1, -0.05) is 34.6 Å². The summed E-state index contributed by atoms with van der Waals surface area (Å²) in [5, 5.41) is 18.1. The Morgan fingerprint density at radius 1 is 1.10 bits per heavy atom. The van der Waals surface area contributed by atoms with E-state index in [0.29, 0.717) is 6.42 Å². The minimum absolute atomic E-state index is 0.0882. The summed E-state index contributed by atoms with van der Waals surface area (Å²) in [6, 6.07) is -0.985. The van der Waals surface area contributed by atoms with Crippen LogP contribution in [0.2, 0.25) is 0 Å². The molecule has 1 atom stereocenters. The fourth-order valence-corrected chi connectivity index (χ4v) is 1.85. The molecule has 0 aliphatic heterocycles. The topological polar surface area (TPSA) is 94.9 Å². The predicted molar refractivity (Wildman–Crippen MR) is 74.3 cm³/mol. The molecule has 0 rings (SSSR count). The van der Waals surface area contributed by atoms with Gasteiger partial charge in [-0.15, -0.1) is 0 Å². The van der Waals surface area contributed by atoms with Gasteiger partial charge in [0.25, 0.3) is 0 Å². The molecular weight excluding hydrogens is 262 g/mol. The highest BCUT2D eigenvalue weighted by Crippen LogP contribution is 2.22. The van der Waals surface area contributed by atoms with Crippen LogP contribution in [-0.2, 0) is 14.4 Å². The summed E-state index contributed by atoms with van der Waals surface area (Å²) >= 11 is 0. The first-order valence-corrected chi connectivity index (χ1v) is 6.72. The molecule has 20 heavy (non-hydrogen) atoms. The second-order valence-corrected chi connectivity index (χ2v) is 6.38. The number of carbonyl (C=O) groups is 3. The van der Waals surface area contributed by atoms with E-state index in [1.54, 1.807) is 20.8 Å². The van der Waals surface area contributed by atoms with Crippen molar-refractivity contribution in [3.63, 3.8) is 0 Å². The lowest BCUT2D eigenvalue weighted by atomic mass is 9.92. The van der Waals surface area contributed by atoms with Gasteiger partial charge in [-0.2, -0.15) is 0 Å². The van der Waals surface area contributed by atoms with Crippen LogP contribution in [-0.4, -0.2) is 45.5 Å². The van der Waals surface area contributed by atoms with Crippen molar-refractivity contribution >= 4 is 17.8 Å². The zero-order valence-electron chi connectivity index (χ0n) is 12.8. The van der Waals surface area contributed by atoms with E-state index in [2.05, 4.69) is 0 Å². The number of rotatable bonds is 7. The molecule has 0 aromatic carbocycles. The molecule has 0 fully saturated rings. The van der Waals surface area contributed by atoms with Crippen LogP contribution in [0.1, 0.15) is 47.5 Å². The predicted octanol–water partition coefficient (Wildman–Crippen LogP) is 1.84. The number of amides is 1. The first-order valence-electron chi connectivity index (χ1n) is 6.72. The van der Waals surface area contributed by atoms with E-state index in [9.17, 15) is 19.5 Å². The Morgan fingerprint density at radius 2 is 1.60 bits per heavy atom. The Kier molecular flexibility index (Phi) is 6.68. The summed E-state index contributed by atoms with van der Waals surface area (Å²) in [7, 11) is 0. The van der Waals surface area contributed by atoms with Crippen molar-refractivity contribution in [2.45, 2.75) is 53.5 Å². The third-order valence-corrected chi connectivity index (χ3v) is 2.82. The molecule has 0 aromatic heterocycles. The van der Waals surface area contributed by atoms with Gasteiger partial charge in [0.1, 0.15) is 6.04 Å². The number of hydrogen-bond donors (Lipinski definition) is 2. The largest absolute Gasteiger partial charge is 0.481 e. The van der Waals surface area contributed by atoms with Crippen LogP contribution in [0.4, 0.5) is 0 Å². The molecule has 6 nitrogen and oxygen atoms in total.